The quantitative estimate of drug-likeness (QED) is 0.268. The molecule has 0 fully saturated rings. The predicted molar refractivity (Wildman–Crippen MR) is 125 cm³/mol. The number of fused-ring (bicyclic) bond motifs is 1. The van der Waals surface area contributed by atoms with Crippen LogP contribution in [0.5, 0.6) is 0 Å². The number of carbonyl (C=O) groups excluding carboxylic acids is 1. The maximum Gasteiger partial charge on any atom is 0.250 e. The summed E-state index contributed by atoms with van der Waals surface area (Å²) in [7, 11) is 0. The molecule has 0 radical (unpaired) electrons. The summed E-state index contributed by atoms with van der Waals surface area (Å²) < 4.78 is 2.16. The Morgan fingerprint density at radius 2 is 1.81 bits per heavy atom. The third-order valence-electron chi connectivity index (χ3n) is 4.86. The number of pyridine rings is 1. The normalized spacial score (nSPS) is 11.6. The summed E-state index contributed by atoms with van der Waals surface area (Å²) in [6.07, 6.45) is 3.40. The van der Waals surface area contributed by atoms with Gasteiger partial charge in [-0.3, -0.25) is 9.78 Å². The van der Waals surface area contributed by atoms with Crippen LogP contribution in [0.1, 0.15) is 23.6 Å². The first-order valence-corrected chi connectivity index (χ1v) is 11.0. The van der Waals surface area contributed by atoms with Gasteiger partial charge in [0.25, 0.3) is 5.91 Å². The largest absolute Gasteiger partial charge is 0.314 e. The van der Waals surface area contributed by atoms with Gasteiger partial charge in [0, 0.05) is 18.0 Å². The van der Waals surface area contributed by atoms with E-state index in [0.717, 1.165) is 27.5 Å². The van der Waals surface area contributed by atoms with E-state index >= 15 is 0 Å². The van der Waals surface area contributed by atoms with Crippen molar-refractivity contribution in [2.45, 2.75) is 25.5 Å². The molecule has 1 amide bonds. The molecule has 0 atom stereocenters. The Bertz CT molecular complexity index is 1220. The molecule has 2 heterocycles. The molecule has 0 aliphatic rings. The van der Waals surface area contributed by atoms with Gasteiger partial charge in [0.05, 0.1) is 29.0 Å². The molecule has 31 heavy (non-hydrogen) atoms. The number of aromatic nitrogens is 3. The van der Waals surface area contributed by atoms with Crippen molar-refractivity contribution >= 4 is 34.4 Å². The Morgan fingerprint density at radius 1 is 1.06 bits per heavy atom. The summed E-state index contributed by atoms with van der Waals surface area (Å²) in [5.74, 6) is 0.0528. The monoisotopic (exact) mass is 429 g/mol. The molecule has 0 saturated heterocycles. The number of benzene rings is 2. The van der Waals surface area contributed by atoms with Gasteiger partial charge in [-0.25, -0.2) is 10.4 Å². The van der Waals surface area contributed by atoms with E-state index in [9.17, 15) is 4.79 Å². The Kier molecular flexibility index (Phi) is 6.43. The molecule has 0 bridgehead atoms. The number of nitrogens with zero attached hydrogens (tertiary/aromatic N) is 4. The molecule has 1 N–H and O–H groups in total. The van der Waals surface area contributed by atoms with E-state index in [1.165, 1.54) is 22.9 Å². The molecule has 0 saturated carbocycles. The summed E-state index contributed by atoms with van der Waals surface area (Å²) in [4.78, 5) is 21.1. The molecule has 0 aliphatic carbocycles. The molecule has 156 valence electrons. The number of carbonyl (C=O) groups is 1. The van der Waals surface area contributed by atoms with Crippen molar-refractivity contribution in [3.05, 3.63) is 89.7 Å². The smallest absolute Gasteiger partial charge is 0.250 e. The van der Waals surface area contributed by atoms with Crippen LogP contribution in [-0.4, -0.2) is 31.9 Å². The van der Waals surface area contributed by atoms with Gasteiger partial charge in [-0.2, -0.15) is 5.10 Å². The number of hydrogen-bond acceptors (Lipinski definition) is 5. The number of nitrogens with one attached hydrogen (secondary N) is 1. The number of hydrazone groups is 1. The maximum atomic E-state index is 12.4. The van der Waals surface area contributed by atoms with Crippen LogP contribution in [0, 0.1) is 6.92 Å². The van der Waals surface area contributed by atoms with Crippen molar-refractivity contribution in [3.8, 4) is 0 Å². The fourth-order valence-electron chi connectivity index (χ4n) is 3.16. The molecule has 6 nitrogen and oxygen atoms in total. The number of para-hydroxylation sites is 2. The van der Waals surface area contributed by atoms with Crippen LogP contribution in [0.15, 0.2) is 83.3 Å². The minimum Gasteiger partial charge on any atom is -0.314 e. The van der Waals surface area contributed by atoms with E-state index in [4.69, 9.17) is 4.98 Å². The lowest BCUT2D eigenvalue weighted by molar-refractivity contribution is -0.118. The van der Waals surface area contributed by atoms with Gasteiger partial charge >= 0.3 is 0 Å². The molecule has 4 aromatic rings. The summed E-state index contributed by atoms with van der Waals surface area (Å²) in [6, 6.07) is 20.2. The van der Waals surface area contributed by atoms with E-state index in [-0.39, 0.29) is 11.7 Å². The molecule has 7 heteroatoms. The lowest BCUT2D eigenvalue weighted by Gasteiger charge is -2.09. The van der Waals surface area contributed by atoms with Crippen molar-refractivity contribution in [2.75, 3.05) is 5.75 Å². The Balaban J connectivity index is 1.47. The number of thioether (sulfide) groups is 1. The molecule has 0 aliphatic heterocycles. The van der Waals surface area contributed by atoms with Crippen LogP contribution < -0.4 is 5.43 Å². The van der Waals surface area contributed by atoms with E-state index in [2.05, 4.69) is 57.3 Å². The van der Waals surface area contributed by atoms with E-state index in [1.807, 2.05) is 37.3 Å². The Morgan fingerprint density at radius 3 is 2.58 bits per heavy atom. The number of rotatable bonds is 7. The summed E-state index contributed by atoms with van der Waals surface area (Å²) in [5.41, 5.74) is 8.68. The minimum absolute atomic E-state index is 0.174. The Hall–Kier alpha value is -3.45. The average molecular weight is 430 g/mol. The zero-order valence-electron chi connectivity index (χ0n) is 17.4. The number of hydrogen-bond donors (Lipinski definition) is 1. The van der Waals surface area contributed by atoms with Gasteiger partial charge in [-0.15, -0.1) is 0 Å². The van der Waals surface area contributed by atoms with E-state index in [1.54, 1.807) is 12.4 Å². The minimum atomic E-state index is -0.174. The molecule has 2 aromatic heterocycles. The lowest BCUT2D eigenvalue weighted by atomic mass is 10.1. The zero-order valence-corrected chi connectivity index (χ0v) is 18.3. The molecular formula is C24H23N5OS. The van der Waals surface area contributed by atoms with Crippen molar-refractivity contribution < 1.29 is 4.79 Å². The standard InChI is InChI=1S/C24H23N5OS/c1-17-7-9-19(10-8-17)15-29-22-6-4-3-5-21(22)26-24(29)31-16-23(30)28-27-18(2)20-11-13-25-14-12-20/h3-14H,15-16H2,1-2H3,(H,28,30). The van der Waals surface area contributed by atoms with Gasteiger partial charge in [0.15, 0.2) is 5.16 Å². The number of amides is 1. The van der Waals surface area contributed by atoms with Gasteiger partial charge in [0.1, 0.15) is 0 Å². The summed E-state index contributed by atoms with van der Waals surface area (Å²) in [5, 5.41) is 5.01. The second-order valence-electron chi connectivity index (χ2n) is 7.21. The third-order valence-corrected chi connectivity index (χ3v) is 5.84. The second kappa shape index (κ2) is 9.57. The topological polar surface area (TPSA) is 72.2 Å². The molecule has 2 aromatic carbocycles. The lowest BCUT2D eigenvalue weighted by Crippen LogP contribution is -2.21. The van der Waals surface area contributed by atoms with Gasteiger partial charge in [0.2, 0.25) is 0 Å². The first kappa shape index (κ1) is 20.8. The fraction of sp³-hybridized carbons (Fsp3) is 0.167. The van der Waals surface area contributed by atoms with E-state index < -0.39 is 0 Å². The highest BCUT2D eigenvalue weighted by molar-refractivity contribution is 7.99. The van der Waals surface area contributed by atoms with Crippen LogP contribution in [0.3, 0.4) is 0 Å². The Labute approximate surface area is 185 Å². The van der Waals surface area contributed by atoms with Gasteiger partial charge in [-0.1, -0.05) is 53.7 Å². The molecular weight excluding hydrogens is 406 g/mol. The van der Waals surface area contributed by atoms with Crippen LogP contribution in [0.25, 0.3) is 11.0 Å². The highest BCUT2D eigenvalue weighted by atomic mass is 32.2. The maximum absolute atomic E-state index is 12.4. The average Bonchev–Trinajstić information content (AvgIpc) is 3.15. The summed E-state index contributed by atoms with van der Waals surface area (Å²) in [6.45, 7) is 4.63. The second-order valence-corrected chi connectivity index (χ2v) is 8.15. The number of aryl methyl sites for hydroxylation is 1. The van der Waals surface area contributed by atoms with Crippen molar-refractivity contribution in [1.29, 1.82) is 0 Å². The SMILES string of the molecule is CC(=NNC(=O)CSc1nc2ccccc2n1Cc1ccc(C)cc1)c1ccncc1. The van der Waals surface area contributed by atoms with Crippen LogP contribution in [-0.2, 0) is 11.3 Å². The fourth-order valence-corrected chi connectivity index (χ4v) is 3.97. The van der Waals surface area contributed by atoms with Crippen LogP contribution in [0.2, 0.25) is 0 Å². The van der Waals surface area contributed by atoms with Crippen LogP contribution in [0.4, 0.5) is 0 Å². The highest BCUT2D eigenvalue weighted by Gasteiger charge is 2.13. The summed E-state index contributed by atoms with van der Waals surface area (Å²) >= 11 is 1.41. The van der Waals surface area contributed by atoms with Gasteiger partial charge < -0.3 is 4.57 Å². The van der Waals surface area contributed by atoms with Crippen molar-refractivity contribution in [2.24, 2.45) is 5.10 Å². The first-order chi connectivity index (χ1) is 15.1. The highest BCUT2D eigenvalue weighted by Crippen LogP contribution is 2.25. The molecule has 4 rings (SSSR count). The first-order valence-electron chi connectivity index (χ1n) is 9.97. The zero-order chi connectivity index (χ0) is 21.6. The predicted octanol–water partition coefficient (Wildman–Crippen LogP) is 4.42. The van der Waals surface area contributed by atoms with Crippen LogP contribution >= 0.6 is 11.8 Å². The molecule has 0 spiro atoms. The van der Waals surface area contributed by atoms with E-state index in [0.29, 0.717) is 6.54 Å². The van der Waals surface area contributed by atoms with Crippen molar-refractivity contribution in [3.63, 3.8) is 0 Å². The van der Waals surface area contributed by atoms with Crippen molar-refractivity contribution in [1.82, 2.24) is 20.0 Å². The third kappa shape index (κ3) is 5.19. The molecule has 0 unspecified atom stereocenters. The van der Waals surface area contributed by atoms with Gasteiger partial charge in [-0.05, 0) is 43.7 Å². The number of imidazole rings is 1.